The van der Waals surface area contributed by atoms with Gasteiger partial charge in [0.25, 0.3) is 0 Å². The standard InChI is InChI=1S/C13H19N3OS/c1-4-7-17-12-10-11(3)15-13(16-12)14-6-9-18-8-5-2/h2,10H,4,6-9H2,1,3H3,(H,14,15,16). The summed E-state index contributed by atoms with van der Waals surface area (Å²) in [6, 6.07) is 1.84. The Hall–Kier alpha value is -1.41. The van der Waals surface area contributed by atoms with E-state index in [4.69, 9.17) is 11.2 Å². The Kier molecular flexibility index (Phi) is 7.04. The van der Waals surface area contributed by atoms with Crippen LogP contribution in [0.5, 0.6) is 5.88 Å². The summed E-state index contributed by atoms with van der Waals surface area (Å²) in [7, 11) is 0. The zero-order valence-corrected chi connectivity index (χ0v) is 11.7. The van der Waals surface area contributed by atoms with E-state index < -0.39 is 0 Å². The molecule has 0 spiro atoms. The number of thioether (sulfide) groups is 1. The first kappa shape index (κ1) is 14.7. The van der Waals surface area contributed by atoms with E-state index in [1.54, 1.807) is 11.8 Å². The fourth-order valence-electron chi connectivity index (χ4n) is 1.27. The molecule has 0 aromatic carbocycles. The van der Waals surface area contributed by atoms with Gasteiger partial charge in [0.05, 0.1) is 12.4 Å². The third kappa shape index (κ3) is 5.78. The van der Waals surface area contributed by atoms with Crippen LogP contribution in [-0.2, 0) is 0 Å². The number of aromatic nitrogens is 2. The fraction of sp³-hybridized carbons (Fsp3) is 0.538. The predicted molar refractivity (Wildman–Crippen MR) is 77.2 cm³/mol. The molecule has 4 nitrogen and oxygen atoms in total. The molecule has 0 aliphatic rings. The molecular weight excluding hydrogens is 246 g/mol. The average Bonchev–Trinajstić information content (AvgIpc) is 2.35. The second kappa shape index (κ2) is 8.65. The van der Waals surface area contributed by atoms with E-state index in [1.165, 1.54) is 0 Å². The van der Waals surface area contributed by atoms with Crippen LogP contribution in [0.25, 0.3) is 0 Å². The lowest BCUT2D eigenvalue weighted by Crippen LogP contribution is -2.09. The van der Waals surface area contributed by atoms with E-state index in [0.29, 0.717) is 18.4 Å². The molecule has 18 heavy (non-hydrogen) atoms. The lowest BCUT2D eigenvalue weighted by atomic mass is 10.4. The summed E-state index contributed by atoms with van der Waals surface area (Å²) in [6.45, 7) is 5.46. The molecule has 0 atom stereocenters. The van der Waals surface area contributed by atoms with Gasteiger partial charge in [-0.15, -0.1) is 18.2 Å². The van der Waals surface area contributed by atoms with Crippen LogP contribution in [0, 0.1) is 19.3 Å². The molecule has 98 valence electrons. The van der Waals surface area contributed by atoms with Gasteiger partial charge in [-0.2, -0.15) is 4.98 Å². The van der Waals surface area contributed by atoms with Gasteiger partial charge < -0.3 is 10.1 Å². The van der Waals surface area contributed by atoms with Crippen molar-refractivity contribution in [3.63, 3.8) is 0 Å². The van der Waals surface area contributed by atoms with E-state index >= 15 is 0 Å². The predicted octanol–water partition coefficient (Wildman–Crippen LogP) is 2.35. The third-order valence-electron chi connectivity index (χ3n) is 2.00. The number of aryl methyl sites for hydroxylation is 1. The van der Waals surface area contributed by atoms with Crippen LogP contribution < -0.4 is 10.1 Å². The molecule has 1 N–H and O–H groups in total. The number of nitrogens with zero attached hydrogens (tertiary/aromatic N) is 2. The van der Waals surface area contributed by atoms with Crippen LogP contribution in [0.3, 0.4) is 0 Å². The molecule has 0 saturated heterocycles. The first-order valence-corrected chi connectivity index (χ1v) is 7.15. The summed E-state index contributed by atoms with van der Waals surface area (Å²) in [5, 5.41) is 3.17. The van der Waals surface area contributed by atoms with Crippen LogP contribution in [-0.4, -0.2) is 34.6 Å². The Morgan fingerprint density at radius 2 is 2.33 bits per heavy atom. The van der Waals surface area contributed by atoms with Crippen LogP contribution in [0.4, 0.5) is 5.95 Å². The first-order valence-electron chi connectivity index (χ1n) is 5.99. The highest BCUT2D eigenvalue weighted by Gasteiger charge is 2.02. The van der Waals surface area contributed by atoms with Gasteiger partial charge in [-0.3, -0.25) is 0 Å². The largest absolute Gasteiger partial charge is 0.478 e. The molecule has 0 fully saturated rings. The summed E-state index contributed by atoms with van der Waals surface area (Å²) < 4.78 is 5.50. The van der Waals surface area contributed by atoms with Gasteiger partial charge in [-0.05, 0) is 13.3 Å². The summed E-state index contributed by atoms with van der Waals surface area (Å²) in [5.74, 6) is 5.51. The first-order chi connectivity index (χ1) is 8.76. The molecule has 0 saturated carbocycles. The number of ether oxygens (including phenoxy) is 1. The maximum atomic E-state index is 5.50. The van der Waals surface area contributed by atoms with Gasteiger partial charge in [-0.25, -0.2) is 4.98 Å². The van der Waals surface area contributed by atoms with E-state index in [1.807, 2.05) is 13.0 Å². The highest BCUT2D eigenvalue weighted by molar-refractivity contribution is 7.99. The molecule has 0 unspecified atom stereocenters. The van der Waals surface area contributed by atoms with Gasteiger partial charge in [0.15, 0.2) is 0 Å². The molecule has 0 aliphatic carbocycles. The van der Waals surface area contributed by atoms with Crippen molar-refractivity contribution >= 4 is 17.7 Å². The van der Waals surface area contributed by atoms with E-state index in [9.17, 15) is 0 Å². The molecule has 0 bridgehead atoms. The lowest BCUT2D eigenvalue weighted by Gasteiger charge is -2.08. The van der Waals surface area contributed by atoms with E-state index in [2.05, 4.69) is 28.1 Å². The van der Waals surface area contributed by atoms with Gasteiger partial charge in [-0.1, -0.05) is 12.8 Å². The minimum Gasteiger partial charge on any atom is -0.478 e. The number of nitrogens with one attached hydrogen (secondary N) is 1. The number of terminal acetylenes is 1. The van der Waals surface area contributed by atoms with Crippen LogP contribution in [0.2, 0.25) is 0 Å². The smallest absolute Gasteiger partial charge is 0.226 e. The quantitative estimate of drug-likeness (QED) is 0.577. The van der Waals surface area contributed by atoms with Gasteiger partial charge in [0, 0.05) is 24.1 Å². The van der Waals surface area contributed by atoms with Crippen LogP contribution in [0.1, 0.15) is 19.0 Å². The minimum atomic E-state index is 0.613. The maximum absolute atomic E-state index is 5.50. The van der Waals surface area contributed by atoms with Gasteiger partial charge in [0.2, 0.25) is 11.8 Å². The Labute approximate surface area is 113 Å². The second-order valence-corrected chi connectivity index (χ2v) is 4.81. The van der Waals surface area contributed by atoms with Crippen molar-refractivity contribution in [3.8, 4) is 18.2 Å². The molecule has 1 aromatic rings. The molecule has 0 aliphatic heterocycles. The fourth-order valence-corrected chi connectivity index (χ4v) is 1.77. The van der Waals surface area contributed by atoms with Crippen LogP contribution >= 0.6 is 11.8 Å². The van der Waals surface area contributed by atoms with Gasteiger partial charge in [0.1, 0.15) is 0 Å². The van der Waals surface area contributed by atoms with Crippen molar-refractivity contribution in [1.82, 2.24) is 9.97 Å². The molecule has 0 radical (unpaired) electrons. The Bertz CT molecular complexity index is 404. The van der Waals surface area contributed by atoms with Crippen molar-refractivity contribution in [2.24, 2.45) is 0 Å². The van der Waals surface area contributed by atoms with Crippen molar-refractivity contribution in [2.45, 2.75) is 20.3 Å². The zero-order valence-electron chi connectivity index (χ0n) is 10.9. The second-order valence-electron chi connectivity index (χ2n) is 3.70. The topological polar surface area (TPSA) is 47.0 Å². The average molecular weight is 265 g/mol. The minimum absolute atomic E-state index is 0.613. The zero-order chi connectivity index (χ0) is 13.2. The summed E-state index contributed by atoms with van der Waals surface area (Å²) >= 11 is 1.71. The van der Waals surface area contributed by atoms with Crippen molar-refractivity contribution in [1.29, 1.82) is 0 Å². The lowest BCUT2D eigenvalue weighted by molar-refractivity contribution is 0.305. The number of hydrogen-bond acceptors (Lipinski definition) is 5. The van der Waals surface area contributed by atoms with Crippen LogP contribution in [0.15, 0.2) is 6.07 Å². The van der Waals surface area contributed by atoms with Gasteiger partial charge >= 0.3 is 0 Å². The molecule has 1 aromatic heterocycles. The maximum Gasteiger partial charge on any atom is 0.226 e. The number of rotatable bonds is 8. The third-order valence-corrected chi connectivity index (χ3v) is 2.86. The number of anilines is 1. The Morgan fingerprint density at radius 3 is 3.06 bits per heavy atom. The summed E-state index contributed by atoms with van der Waals surface area (Å²) in [5.41, 5.74) is 0.898. The van der Waals surface area contributed by atoms with Crippen molar-refractivity contribution in [2.75, 3.05) is 30.0 Å². The van der Waals surface area contributed by atoms with E-state index in [0.717, 1.165) is 30.2 Å². The highest BCUT2D eigenvalue weighted by atomic mass is 32.2. The molecule has 1 rings (SSSR count). The molecule has 0 amide bonds. The normalized spacial score (nSPS) is 9.83. The van der Waals surface area contributed by atoms with Crippen molar-refractivity contribution in [3.05, 3.63) is 11.8 Å². The van der Waals surface area contributed by atoms with Crippen molar-refractivity contribution < 1.29 is 4.74 Å². The summed E-state index contributed by atoms with van der Waals surface area (Å²) in [6.07, 6.45) is 6.14. The summed E-state index contributed by atoms with van der Waals surface area (Å²) in [4.78, 5) is 8.60. The molecule has 1 heterocycles. The Balaban J connectivity index is 2.44. The Morgan fingerprint density at radius 1 is 1.50 bits per heavy atom. The van der Waals surface area contributed by atoms with E-state index in [-0.39, 0.29) is 0 Å². The SMILES string of the molecule is C#CCSCCNc1nc(C)cc(OCCC)n1. The monoisotopic (exact) mass is 265 g/mol. The highest BCUT2D eigenvalue weighted by Crippen LogP contribution is 2.12. The number of hydrogen-bond donors (Lipinski definition) is 1. The molecule has 5 heteroatoms. The molecular formula is C13H19N3OS.